The number of rotatable bonds is 6. The zero-order chi connectivity index (χ0) is 10.7. The number of nitrogens with two attached hydrogens (primary N) is 2. The third kappa shape index (κ3) is 2.21. The minimum absolute atomic E-state index is 0.654. The maximum atomic E-state index is 5.67. The van der Waals surface area contributed by atoms with Gasteiger partial charge in [0.05, 0.1) is 0 Å². The van der Waals surface area contributed by atoms with Gasteiger partial charge in [-0.25, -0.2) is 0 Å². The van der Waals surface area contributed by atoms with Crippen LogP contribution in [-0.2, 0) is 0 Å². The summed E-state index contributed by atoms with van der Waals surface area (Å²) in [6.07, 6.45) is 11.1. The van der Waals surface area contributed by atoms with E-state index in [0.717, 1.165) is 24.9 Å². The molecule has 2 saturated carbocycles. The van der Waals surface area contributed by atoms with E-state index in [1.807, 2.05) is 0 Å². The molecule has 2 aliphatic carbocycles. The van der Waals surface area contributed by atoms with Gasteiger partial charge in [0.15, 0.2) is 0 Å². The molecule has 0 aromatic heterocycles. The fourth-order valence-electron chi connectivity index (χ4n) is 4.20. The summed E-state index contributed by atoms with van der Waals surface area (Å²) in [5.41, 5.74) is 12.0. The lowest BCUT2D eigenvalue weighted by molar-refractivity contribution is 0.128. The first-order valence-corrected chi connectivity index (χ1v) is 6.71. The molecule has 0 aliphatic heterocycles. The van der Waals surface area contributed by atoms with Crippen molar-refractivity contribution in [1.82, 2.24) is 0 Å². The van der Waals surface area contributed by atoms with E-state index in [9.17, 15) is 0 Å². The zero-order valence-corrected chi connectivity index (χ0v) is 9.88. The van der Waals surface area contributed by atoms with E-state index in [4.69, 9.17) is 11.5 Å². The Morgan fingerprint density at radius 1 is 1.00 bits per heavy atom. The van der Waals surface area contributed by atoms with Gasteiger partial charge in [0.2, 0.25) is 0 Å². The normalized spacial score (nSPS) is 32.4. The highest BCUT2D eigenvalue weighted by atomic mass is 14.6. The molecular formula is C13H26N2. The van der Waals surface area contributed by atoms with Crippen LogP contribution in [0.1, 0.15) is 51.4 Å². The predicted octanol–water partition coefficient (Wildman–Crippen LogP) is 2.27. The Bertz CT molecular complexity index is 195. The summed E-state index contributed by atoms with van der Waals surface area (Å²) in [5, 5.41) is 0. The van der Waals surface area contributed by atoms with Crippen molar-refractivity contribution in [3.63, 3.8) is 0 Å². The predicted molar refractivity (Wildman–Crippen MR) is 64.5 cm³/mol. The fraction of sp³-hybridized carbons (Fsp3) is 1.00. The van der Waals surface area contributed by atoms with Crippen LogP contribution in [0.3, 0.4) is 0 Å². The van der Waals surface area contributed by atoms with Crippen LogP contribution in [-0.4, -0.2) is 13.1 Å². The molecule has 0 aromatic carbocycles. The Morgan fingerprint density at radius 3 is 2.07 bits per heavy atom. The van der Waals surface area contributed by atoms with Crippen LogP contribution < -0.4 is 11.5 Å². The Labute approximate surface area is 93.8 Å². The van der Waals surface area contributed by atoms with Gasteiger partial charge in [-0.1, -0.05) is 6.42 Å². The number of fused-ring (bicyclic) bond motifs is 2. The number of hydrogen-bond donors (Lipinski definition) is 2. The molecule has 15 heavy (non-hydrogen) atoms. The molecule has 4 N–H and O–H groups in total. The van der Waals surface area contributed by atoms with E-state index < -0.39 is 0 Å². The molecule has 0 radical (unpaired) electrons. The van der Waals surface area contributed by atoms with Crippen LogP contribution in [0.15, 0.2) is 0 Å². The highest BCUT2D eigenvalue weighted by molar-refractivity contribution is 5.00. The van der Waals surface area contributed by atoms with Crippen LogP contribution >= 0.6 is 0 Å². The van der Waals surface area contributed by atoms with Gasteiger partial charge in [-0.15, -0.1) is 0 Å². The van der Waals surface area contributed by atoms with Gasteiger partial charge in [0.25, 0.3) is 0 Å². The van der Waals surface area contributed by atoms with Gasteiger partial charge in [-0.05, 0) is 75.3 Å². The molecule has 0 aromatic rings. The summed E-state index contributed by atoms with van der Waals surface area (Å²) in [7, 11) is 0. The minimum Gasteiger partial charge on any atom is -0.330 e. The van der Waals surface area contributed by atoms with Crippen LogP contribution in [0, 0.1) is 17.3 Å². The van der Waals surface area contributed by atoms with E-state index in [2.05, 4.69) is 0 Å². The first kappa shape index (κ1) is 11.4. The largest absolute Gasteiger partial charge is 0.330 e. The molecule has 2 aliphatic rings. The van der Waals surface area contributed by atoms with Crippen molar-refractivity contribution in [2.45, 2.75) is 51.4 Å². The fourth-order valence-corrected chi connectivity index (χ4v) is 4.20. The monoisotopic (exact) mass is 210 g/mol. The van der Waals surface area contributed by atoms with Crippen molar-refractivity contribution in [2.75, 3.05) is 13.1 Å². The molecule has 2 rings (SSSR count). The molecule has 2 atom stereocenters. The van der Waals surface area contributed by atoms with E-state index in [-0.39, 0.29) is 0 Å². The minimum atomic E-state index is 0.654. The summed E-state index contributed by atoms with van der Waals surface area (Å²) in [5.74, 6) is 2.06. The van der Waals surface area contributed by atoms with Crippen LogP contribution in [0.2, 0.25) is 0 Å². The molecule has 0 heterocycles. The van der Waals surface area contributed by atoms with Crippen molar-refractivity contribution in [3.8, 4) is 0 Å². The van der Waals surface area contributed by atoms with Crippen molar-refractivity contribution in [1.29, 1.82) is 0 Å². The van der Waals surface area contributed by atoms with Gasteiger partial charge < -0.3 is 11.5 Å². The Morgan fingerprint density at radius 2 is 1.67 bits per heavy atom. The third-order valence-corrected chi connectivity index (χ3v) is 4.86. The molecule has 0 saturated heterocycles. The molecule has 2 unspecified atom stereocenters. The molecule has 2 heteroatoms. The van der Waals surface area contributed by atoms with Gasteiger partial charge in [-0.2, -0.15) is 0 Å². The summed E-state index contributed by atoms with van der Waals surface area (Å²) in [4.78, 5) is 0. The average molecular weight is 210 g/mol. The van der Waals surface area contributed by atoms with Crippen LogP contribution in [0.5, 0.6) is 0 Å². The quantitative estimate of drug-likeness (QED) is 0.706. The van der Waals surface area contributed by atoms with Gasteiger partial charge in [0, 0.05) is 0 Å². The first-order chi connectivity index (χ1) is 7.30. The lowest BCUT2D eigenvalue weighted by Crippen LogP contribution is -2.29. The van der Waals surface area contributed by atoms with E-state index in [1.54, 1.807) is 0 Å². The van der Waals surface area contributed by atoms with Gasteiger partial charge >= 0.3 is 0 Å². The van der Waals surface area contributed by atoms with Gasteiger partial charge in [0.1, 0.15) is 0 Å². The highest BCUT2D eigenvalue weighted by Crippen LogP contribution is 2.59. The van der Waals surface area contributed by atoms with Gasteiger partial charge in [-0.3, -0.25) is 0 Å². The van der Waals surface area contributed by atoms with Crippen LogP contribution in [0.4, 0.5) is 0 Å². The van der Waals surface area contributed by atoms with Crippen molar-refractivity contribution in [3.05, 3.63) is 0 Å². The topological polar surface area (TPSA) is 52.0 Å². The lowest BCUT2D eigenvalue weighted by Gasteiger charge is -2.38. The smallest absolute Gasteiger partial charge is 0.00771 e. The Balaban J connectivity index is 1.96. The highest BCUT2D eigenvalue weighted by Gasteiger charge is 2.49. The molecular weight excluding hydrogens is 184 g/mol. The average Bonchev–Trinajstić information content (AvgIpc) is 2.84. The maximum Gasteiger partial charge on any atom is -0.00771 e. The van der Waals surface area contributed by atoms with Crippen molar-refractivity contribution in [2.24, 2.45) is 28.7 Å². The molecule has 0 amide bonds. The number of hydrogen-bond acceptors (Lipinski definition) is 2. The SMILES string of the molecule is NCCCC1(CCCN)CC2CCC1C2. The first-order valence-electron chi connectivity index (χ1n) is 6.71. The molecule has 2 bridgehead atoms. The summed E-state index contributed by atoms with van der Waals surface area (Å²) in [6.45, 7) is 1.73. The standard InChI is InChI=1S/C13H26N2/c14-7-1-5-13(6-2-8-15)10-11-3-4-12(13)9-11/h11-12H,1-10,14-15H2. The maximum absolute atomic E-state index is 5.67. The second-order valence-corrected chi connectivity index (χ2v) is 5.73. The van der Waals surface area contributed by atoms with E-state index in [0.29, 0.717) is 5.41 Å². The van der Waals surface area contributed by atoms with Crippen LogP contribution in [0.25, 0.3) is 0 Å². The summed E-state index contributed by atoms with van der Waals surface area (Å²) >= 11 is 0. The Hall–Kier alpha value is -0.0800. The summed E-state index contributed by atoms with van der Waals surface area (Å²) < 4.78 is 0. The molecule has 2 nitrogen and oxygen atoms in total. The second-order valence-electron chi connectivity index (χ2n) is 5.73. The zero-order valence-electron chi connectivity index (χ0n) is 9.88. The third-order valence-electron chi connectivity index (χ3n) is 4.86. The van der Waals surface area contributed by atoms with E-state index >= 15 is 0 Å². The molecule has 2 fully saturated rings. The molecule has 88 valence electrons. The Kier molecular flexibility index (Phi) is 3.68. The summed E-state index contributed by atoms with van der Waals surface area (Å²) in [6, 6.07) is 0. The van der Waals surface area contributed by atoms with E-state index in [1.165, 1.54) is 51.4 Å². The van der Waals surface area contributed by atoms with Crippen molar-refractivity contribution >= 4 is 0 Å². The second kappa shape index (κ2) is 4.84. The van der Waals surface area contributed by atoms with Crippen molar-refractivity contribution < 1.29 is 0 Å². The molecule has 0 spiro atoms. The lowest BCUT2D eigenvalue weighted by atomic mass is 9.67.